The summed E-state index contributed by atoms with van der Waals surface area (Å²) in [5, 5.41) is 0. The van der Waals surface area contributed by atoms with Crippen LogP contribution in [-0.2, 0) is 4.74 Å². The van der Waals surface area contributed by atoms with E-state index in [1.54, 1.807) is 4.90 Å². The van der Waals surface area contributed by atoms with Gasteiger partial charge >= 0.3 is 6.09 Å². The molecule has 8 heteroatoms. The van der Waals surface area contributed by atoms with Crippen LogP contribution in [-0.4, -0.2) is 44.6 Å². The first-order valence-electron chi connectivity index (χ1n) is 22.8. The lowest BCUT2D eigenvalue weighted by molar-refractivity contribution is -0.00620. The summed E-state index contributed by atoms with van der Waals surface area (Å²) in [6.45, 7) is 12.8. The number of rotatable bonds is 9. The van der Waals surface area contributed by atoms with Crippen molar-refractivity contribution in [3.63, 3.8) is 0 Å². The Balaban J connectivity index is 1.20. The highest BCUT2D eigenvalue weighted by molar-refractivity contribution is 6.15. The van der Waals surface area contributed by atoms with E-state index in [1.807, 2.05) is 110 Å². The molecule has 3 heterocycles. The molecular formula is C56H57N5O3. The number of aromatic nitrogens is 1. The second-order valence-electron chi connectivity index (χ2n) is 18.3. The molecule has 2 amide bonds. The zero-order valence-corrected chi connectivity index (χ0v) is 37.6. The molecule has 1 saturated carbocycles. The molecule has 0 spiro atoms. The first kappa shape index (κ1) is 42.6. The Kier molecular flexibility index (Phi) is 12.1. The molecule has 0 radical (unpaired) electrons. The van der Waals surface area contributed by atoms with Gasteiger partial charge in [-0.05, 0) is 96.9 Å². The van der Waals surface area contributed by atoms with Gasteiger partial charge < -0.3 is 4.74 Å². The van der Waals surface area contributed by atoms with Gasteiger partial charge in [0.05, 0.1) is 12.1 Å². The van der Waals surface area contributed by atoms with Crippen molar-refractivity contribution in [2.45, 2.75) is 91.1 Å². The van der Waals surface area contributed by atoms with Crippen LogP contribution < -0.4 is 0 Å². The molecule has 64 heavy (non-hydrogen) atoms. The molecule has 2 aliphatic heterocycles. The lowest BCUT2D eigenvalue weighted by atomic mass is 9.75. The number of pyridine rings is 1. The lowest BCUT2D eigenvalue weighted by Gasteiger charge is -2.38. The minimum absolute atomic E-state index is 0.147. The first-order valence-corrected chi connectivity index (χ1v) is 22.8. The highest BCUT2D eigenvalue weighted by atomic mass is 16.6. The molecule has 0 bridgehead atoms. The fourth-order valence-corrected chi connectivity index (χ4v) is 10.4. The van der Waals surface area contributed by atoms with Crippen LogP contribution in [0.1, 0.15) is 125 Å². The van der Waals surface area contributed by atoms with Gasteiger partial charge in [0.25, 0.3) is 5.91 Å². The Bertz CT molecular complexity index is 2660. The predicted octanol–water partition coefficient (Wildman–Crippen LogP) is 12.5. The topological polar surface area (TPSA) is 87.5 Å². The Morgan fingerprint density at radius 1 is 0.594 bits per heavy atom. The van der Waals surface area contributed by atoms with Gasteiger partial charge in [-0.25, -0.2) is 14.7 Å². The van der Waals surface area contributed by atoms with Gasteiger partial charge in [-0.15, -0.1) is 0 Å². The number of ether oxygens (including phenoxy) is 1. The number of carbonyl (C=O) groups excluding carboxylic acids is 2. The Morgan fingerprint density at radius 2 is 1.05 bits per heavy atom. The molecular weight excluding hydrogens is 791 g/mol. The lowest BCUT2D eigenvalue weighted by Crippen LogP contribution is -2.43. The molecule has 6 aromatic rings. The molecule has 8 nitrogen and oxygen atoms in total. The molecule has 0 unspecified atom stereocenters. The SMILES string of the molecule is Cc1cc(C)c(C(=O)N2C(c3cccc(C4=N[C@H](c5ccccc5)[C@@H](c5ccccc5)N4C(=O)O[C@H]4C[C@@H](C)CC[C@@H]4C(C)C)n3)=N[C@H](c3ccccc3)[C@H]2c2ccccc2)c(C)c1. The monoisotopic (exact) mass is 847 g/mol. The van der Waals surface area contributed by atoms with E-state index < -0.39 is 30.3 Å². The summed E-state index contributed by atoms with van der Waals surface area (Å²) in [6, 6.07) is 48.6. The fraction of sp³-hybridized carbons (Fsp3) is 0.304. The van der Waals surface area contributed by atoms with E-state index in [4.69, 9.17) is 19.7 Å². The summed E-state index contributed by atoms with van der Waals surface area (Å²) in [5.74, 6) is 1.79. The largest absolute Gasteiger partial charge is 0.445 e. The number of carbonyl (C=O) groups is 2. The number of benzene rings is 5. The van der Waals surface area contributed by atoms with Gasteiger partial charge in [-0.2, -0.15) is 0 Å². The number of aryl methyl sites for hydroxylation is 3. The minimum Gasteiger partial charge on any atom is -0.445 e. The zero-order chi connectivity index (χ0) is 44.5. The normalized spacial score (nSPS) is 23.2. The zero-order valence-electron chi connectivity index (χ0n) is 37.6. The Labute approximate surface area is 377 Å². The van der Waals surface area contributed by atoms with Crippen LogP contribution in [0.2, 0.25) is 0 Å². The molecule has 9 rings (SSSR count). The summed E-state index contributed by atoms with van der Waals surface area (Å²) < 4.78 is 6.69. The summed E-state index contributed by atoms with van der Waals surface area (Å²) in [4.78, 5) is 50.5. The van der Waals surface area contributed by atoms with Gasteiger partial charge in [0, 0.05) is 5.56 Å². The molecule has 1 fully saturated rings. The Hall–Kier alpha value is -6.67. The number of amidine groups is 2. The third-order valence-electron chi connectivity index (χ3n) is 13.4. The van der Waals surface area contributed by atoms with Crippen molar-refractivity contribution in [1.29, 1.82) is 0 Å². The molecule has 324 valence electrons. The van der Waals surface area contributed by atoms with Gasteiger partial charge in [-0.1, -0.05) is 172 Å². The summed E-state index contributed by atoms with van der Waals surface area (Å²) >= 11 is 0. The molecule has 0 N–H and O–H groups in total. The average Bonchev–Trinajstić information content (AvgIpc) is 3.91. The van der Waals surface area contributed by atoms with Crippen LogP contribution in [0.25, 0.3) is 0 Å². The van der Waals surface area contributed by atoms with Crippen molar-refractivity contribution >= 4 is 23.7 Å². The third kappa shape index (κ3) is 8.29. The molecule has 1 aromatic heterocycles. The van der Waals surface area contributed by atoms with Crippen molar-refractivity contribution in [2.24, 2.45) is 27.7 Å². The van der Waals surface area contributed by atoms with Crippen molar-refractivity contribution in [2.75, 3.05) is 0 Å². The van der Waals surface area contributed by atoms with Crippen molar-refractivity contribution in [1.82, 2.24) is 14.8 Å². The number of nitrogens with zero attached hydrogens (tertiary/aromatic N) is 5. The van der Waals surface area contributed by atoms with Gasteiger partial charge in [0.15, 0.2) is 11.7 Å². The standard InChI is InChI=1S/C56H57N5O3/c1-35(2)44-31-30-36(3)34-47(44)64-56(63)61-52(43-26-17-10-18-27-43)50(41-22-13-8-14-23-41)59-54(61)46-29-19-28-45(57-46)53-58-49(40-20-11-7-12-21-40)51(42-24-15-9-16-25-42)60(53)55(62)48-38(5)32-37(4)33-39(48)6/h7-29,32-33,35-36,44,47,49-52H,30-31,34H2,1-6H3/t36-,44+,47-,49+,50+,51+,52+/m0/s1. The second-order valence-corrected chi connectivity index (χ2v) is 18.3. The van der Waals surface area contributed by atoms with E-state index in [0.29, 0.717) is 40.5 Å². The minimum atomic E-state index is -0.505. The summed E-state index contributed by atoms with van der Waals surface area (Å²) in [5.41, 5.74) is 8.40. The quantitative estimate of drug-likeness (QED) is 0.145. The Morgan fingerprint density at radius 3 is 1.53 bits per heavy atom. The van der Waals surface area contributed by atoms with Crippen LogP contribution >= 0.6 is 0 Å². The van der Waals surface area contributed by atoms with E-state index in [1.165, 1.54) is 0 Å². The average molecular weight is 848 g/mol. The molecule has 3 aliphatic rings. The predicted molar refractivity (Wildman–Crippen MR) is 254 cm³/mol. The number of hydrogen-bond donors (Lipinski definition) is 0. The number of amides is 2. The molecule has 1 aliphatic carbocycles. The number of aliphatic imine (C=N–C) groups is 2. The summed E-state index contributed by atoms with van der Waals surface area (Å²) in [6.07, 6.45) is 2.29. The van der Waals surface area contributed by atoms with Crippen LogP contribution in [0.4, 0.5) is 4.79 Å². The van der Waals surface area contributed by atoms with E-state index in [9.17, 15) is 0 Å². The third-order valence-corrected chi connectivity index (χ3v) is 13.4. The van der Waals surface area contributed by atoms with Crippen LogP contribution in [0.15, 0.2) is 162 Å². The first-order chi connectivity index (χ1) is 31.1. The maximum Gasteiger partial charge on any atom is 0.416 e. The van der Waals surface area contributed by atoms with Gasteiger partial charge in [-0.3, -0.25) is 19.7 Å². The van der Waals surface area contributed by atoms with E-state index in [2.05, 4.69) is 88.4 Å². The highest BCUT2D eigenvalue weighted by Crippen LogP contribution is 2.47. The smallest absolute Gasteiger partial charge is 0.416 e. The second kappa shape index (κ2) is 18.2. The van der Waals surface area contributed by atoms with E-state index in [-0.39, 0.29) is 17.9 Å². The van der Waals surface area contributed by atoms with Crippen LogP contribution in [0.5, 0.6) is 0 Å². The molecule has 7 atom stereocenters. The van der Waals surface area contributed by atoms with Crippen LogP contribution in [0, 0.1) is 38.5 Å². The highest BCUT2D eigenvalue weighted by Gasteiger charge is 2.47. The fourth-order valence-electron chi connectivity index (χ4n) is 10.4. The maximum absolute atomic E-state index is 15.4. The van der Waals surface area contributed by atoms with Crippen molar-refractivity contribution in [3.05, 3.63) is 208 Å². The molecule has 0 saturated heterocycles. The van der Waals surface area contributed by atoms with Gasteiger partial charge in [0.2, 0.25) is 0 Å². The van der Waals surface area contributed by atoms with E-state index >= 15 is 9.59 Å². The van der Waals surface area contributed by atoms with E-state index in [0.717, 1.165) is 58.2 Å². The maximum atomic E-state index is 15.4. The number of hydrogen-bond acceptors (Lipinski definition) is 6. The van der Waals surface area contributed by atoms with Gasteiger partial charge in [0.1, 0.15) is 29.6 Å². The van der Waals surface area contributed by atoms with Crippen molar-refractivity contribution < 1.29 is 14.3 Å². The molecule has 5 aromatic carbocycles. The van der Waals surface area contributed by atoms with Crippen LogP contribution in [0.3, 0.4) is 0 Å². The van der Waals surface area contributed by atoms with Crippen molar-refractivity contribution in [3.8, 4) is 0 Å². The summed E-state index contributed by atoms with van der Waals surface area (Å²) in [7, 11) is 0.